The fraction of sp³-hybridized carbons (Fsp3) is 0.462. The van der Waals surface area contributed by atoms with Crippen molar-refractivity contribution in [2.24, 2.45) is 5.92 Å². The molecule has 0 spiro atoms. The van der Waals surface area contributed by atoms with E-state index in [2.05, 4.69) is 5.32 Å². The predicted molar refractivity (Wildman–Crippen MR) is 74.2 cm³/mol. The van der Waals surface area contributed by atoms with E-state index in [0.29, 0.717) is 12.8 Å². The Hall–Kier alpha value is -0.940. The molecule has 1 unspecified atom stereocenters. The summed E-state index contributed by atoms with van der Waals surface area (Å²) in [5.41, 5.74) is 0.0786. The van der Waals surface area contributed by atoms with Gasteiger partial charge in [0.15, 0.2) is 0 Å². The molecule has 0 saturated carbocycles. The SMILES string of the molecule is CCCCC(C(=O)Nc1cccc(Cl)c1Cl)C(F)(F)F. The second-order valence-corrected chi connectivity index (χ2v) is 5.11. The summed E-state index contributed by atoms with van der Waals surface area (Å²) in [5, 5.41) is 2.39. The van der Waals surface area contributed by atoms with Crippen molar-refractivity contribution in [2.45, 2.75) is 32.4 Å². The van der Waals surface area contributed by atoms with E-state index < -0.39 is 18.0 Å². The molecule has 0 radical (unpaired) electrons. The number of hydrogen-bond acceptors (Lipinski definition) is 1. The van der Waals surface area contributed by atoms with Gasteiger partial charge >= 0.3 is 6.18 Å². The van der Waals surface area contributed by atoms with Crippen LogP contribution in [0.25, 0.3) is 0 Å². The number of carbonyl (C=O) groups is 1. The Morgan fingerprint density at radius 2 is 2.00 bits per heavy atom. The summed E-state index contributed by atoms with van der Waals surface area (Å²) in [6.07, 6.45) is -3.92. The van der Waals surface area contributed by atoms with Crippen molar-refractivity contribution in [2.75, 3.05) is 5.32 Å². The molecule has 0 aromatic heterocycles. The van der Waals surface area contributed by atoms with Gasteiger partial charge in [-0.25, -0.2) is 0 Å². The molecule has 1 amide bonds. The summed E-state index contributed by atoms with van der Waals surface area (Å²) in [4.78, 5) is 11.8. The normalized spacial score (nSPS) is 13.1. The Kier molecular flexibility index (Phi) is 6.14. The van der Waals surface area contributed by atoms with Crippen LogP contribution in [-0.4, -0.2) is 12.1 Å². The van der Waals surface area contributed by atoms with Gasteiger partial charge in [-0.05, 0) is 18.6 Å². The van der Waals surface area contributed by atoms with Crippen molar-refractivity contribution >= 4 is 34.8 Å². The van der Waals surface area contributed by atoms with Gasteiger partial charge in [0.1, 0.15) is 5.92 Å². The molecule has 2 nitrogen and oxygen atoms in total. The lowest BCUT2D eigenvalue weighted by Crippen LogP contribution is -2.35. The van der Waals surface area contributed by atoms with Gasteiger partial charge in [0.05, 0.1) is 15.7 Å². The van der Waals surface area contributed by atoms with E-state index in [1.54, 1.807) is 6.92 Å². The molecule has 112 valence electrons. The van der Waals surface area contributed by atoms with Crippen molar-refractivity contribution < 1.29 is 18.0 Å². The van der Waals surface area contributed by atoms with Crippen molar-refractivity contribution in [3.8, 4) is 0 Å². The first-order chi connectivity index (χ1) is 9.27. The highest BCUT2D eigenvalue weighted by atomic mass is 35.5. The van der Waals surface area contributed by atoms with Gasteiger partial charge in [0, 0.05) is 0 Å². The molecule has 0 aliphatic rings. The maximum atomic E-state index is 12.9. The van der Waals surface area contributed by atoms with Crippen molar-refractivity contribution in [3.05, 3.63) is 28.2 Å². The minimum atomic E-state index is -4.58. The molecule has 0 aliphatic heterocycles. The van der Waals surface area contributed by atoms with E-state index in [9.17, 15) is 18.0 Å². The number of benzene rings is 1. The van der Waals surface area contributed by atoms with Crippen molar-refractivity contribution in [3.63, 3.8) is 0 Å². The topological polar surface area (TPSA) is 29.1 Å². The number of hydrogen-bond donors (Lipinski definition) is 1. The van der Waals surface area contributed by atoms with Crippen LogP contribution in [0, 0.1) is 5.92 Å². The first-order valence-electron chi connectivity index (χ1n) is 6.09. The fourth-order valence-electron chi connectivity index (χ4n) is 1.67. The maximum Gasteiger partial charge on any atom is 0.400 e. The van der Waals surface area contributed by atoms with Crippen LogP contribution in [0.15, 0.2) is 18.2 Å². The van der Waals surface area contributed by atoms with E-state index >= 15 is 0 Å². The summed E-state index contributed by atoms with van der Waals surface area (Å²) < 4.78 is 38.6. The number of rotatable bonds is 5. The molecular weight excluding hydrogens is 314 g/mol. The lowest BCUT2D eigenvalue weighted by Gasteiger charge is -2.20. The number of alkyl halides is 3. The van der Waals surface area contributed by atoms with Crippen LogP contribution in [0.3, 0.4) is 0 Å². The van der Waals surface area contributed by atoms with Crippen molar-refractivity contribution in [1.29, 1.82) is 0 Å². The molecular formula is C13H14Cl2F3NO. The number of halogens is 5. The minimum Gasteiger partial charge on any atom is -0.324 e. The lowest BCUT2D eigenvalue weighted by atomic mass is 10.0. The quantitative estimate of drug-likeness (QED) is 0.781. The molecule has 1 aromatic carbocycles. The lowest BCUT2D eigenvalue weighted by molar-refractivity contribution is -0.181. The van der Waals surface area contributed by atoms with Crippen LogP contribution < -0.4 is 5.32 Å². The maximum absolute atomic E-state index is 12.9. The second-order valence-electron chi connectivity index (χ2n) is 4.33. The molecule has 0 fully saturated rings. The first kappa shape index (κ1) is 17.1. The summed E-state index contributed by atoms with van der Waals surface area (Å²) in [6.45, 7) is 1.76. The first-order valence-corrected chi connectivity index (χ1v) is 6.84. The van der Waals surface area contributed by atoms with Crippen LogP contribution in [0.2, 0.25) is 10.0 Å². The number of unbranched alkanes of at least 4 members (excludes halogenated alkanes) is 1. The number of carbonyl (C=O) groups excluding carboxylic acids is 1. The standard InChI is InChI=1S/C13H14Cl2F3NO/c1-2-3-5-8(13(16,17)18)12(20)19-10-7-4-6-9(14)11(10)15/h4,6-8H,2-3,5H2,1H3,(H,19,20). The summed E-state index contributed by atoms with van der Waals surface area (Å²) >= 11 is 11.6. The highest BCUT2D eigenvalue weighted by Crippen LogP contribution is 2.34. The molecule has 7 heteroatoms. The van der Waals surface area contributed by atoms with Crippen LogP contribution in [0.1, 0.15) is 26.2 Å². The van der Waals surface area contributed by atoms with E-state index in [-0.39, 0.29) is 22.2 Å². The van der Waals surface area contributed by atoms with Gasteiger partial charge in [-0.15, -0.1) is 0 Å². The molecule has 0 bridgehead atoms. The average Bonchev–Trinajstić information content (AvgIpc) is 2.34. The Bertz CT molecular complexity index is 477. The van der Waals surface area contributed by atoms with E-state index in [4.69, 9.17) is 23.2 Å². The van der Waals surface area contributed by atoms with Crippen molar-refractivity contribution in [1.82, 2.24) is 0 Å². The zero-order valence-electron chi connectivity index (χ0n) is 10.7. The van der Waals surface area contributed by atoms with Gasteiger partial charge in [0.25, 0.3) is 0 Å². The third-order valence-electron chi connectivity index (χ3n) is 2.77. The third kappa shape index (κ3) is 4.56. The second kappa shape index (κ2) is 7.18. The van der Waals surface area contributed by atoms with Gasteiger partial charge in [-0.2, -0.15) is 13.2 Å². The summed E-state index contributed by atoms with van der Waals surface area (Å²) in [5.74, 6) is -3.16. The molecule has 20 heavy (non-hydrogen) atoms. The molecule has 1 rings (SSSR count). The van der Waals surface area contributed by atoms with Crippen LogP contribution in [0.4, 0.5) is 18.9 Å². The monoisotopic (exact) mass is 327 g/mol. The van der Waals surface area contributed by atoms with Gasteiger partial charge < -0.3 is 5.32 Å². The highest BCUT2D eigenvalue weighted by molar-refractivity contribution is 6.44. The molecule has 1 aromatic rings. The molecule has 1 atom stereocenters. The number of anilines is 1. The molecule has 0 heterocycles. The largest absolute Gasteiger partial charge is 0.400 e. The van der Waals surface area contributed by atoms with Gasteiger partial charge in [0.2, 0.25) is 5.91 Å². The van der Waals surface area contributed by atoms with E-state index in [1.807, 2.05) is 0 Å². The summed E-state index contributed by atoms with van der Waals surface area (Å²) in [7, 11) is 0. The van der Waals surface area contributed by atoms with Crippen LogP contribution in [0.5, 0.6) is 0 Å². The zero-order valence-corrected chi connectivity index (χ0v) is 12.2. The van der Waals surface area contributed by atoms with Gasteiger partial charge in [-0.3, -0.25) is 4.79 Å². The number of amides is 1. The fourth-order valence-corrected chi connectivity index (χ4v) is 2.02. The Balaban J connectivity index is 2.88. The zero-order chi connectivity index (χ0) is 15.3. The smallest absolute Gasteiger partial charge is 0.324 e. The molecule has 0 aliphatic carbocycles. The minimum absolute atomic E-state index is 0.0268. The van der Waals surface area contributed by atoms with E-state index in [1.165, 1.54) is 18.2 Å². The molecule has 0 saturated heterocycles. The van der Waals surface area contributed by atoms with E-state index in [0.717, 1.165) is 0 Å². The van der Waals surface area contributed by atoms with Crippen LogP contribution >= 0.6 is 23.2 Å². The highest BCUT2D eigenvalue weighted by Gasteiger charge is 2.44. The summed E-state index contributed by atoms with van der Waals surface area (Å²) in [6, 6.07) is 4.38. The van der Waals surface area contributed by atoms with Gasteiger partial charge in [-0.1, -0.05) is 49.0 Å². The third-order valence-corrected chi connectivity index (χ3v) is 3.59. The predicted octanol–water partition coefficient (Wildman–Crippen LogP) is 5.30. The average molecular weight is 328 g/mol. The Morgan fingerprint density at radius 1 is 1.35 bits per heavy atom. The molecule has 1 N–H and O–H groups in total. The Morgan fingerprint density at radius 3 is 2.55 bits per heavy atom. The Labute approximate surface area is 125 Å². The van der Waals surface area contributed by atoms with Crippen LogP contribution in [-0.2, 0) is 4.79 Å². The number of nitrogens with one attached hydrogen (secondary N) is 1.